The highest BCUT2D eigenvalue weighted by atomic mass is 32.2. The molecule has 7 nitrogen and oxygen atoms in total. The van der Waals surface area contributed by atoms with Crippen molar-refractivity contribution < 1.29 is 14.8 Å². The first-order valence-corrected chi connectivity index (χ1v) is 8.33. The quantitative estimate of drug-likeness (QED) is 0.608. The first-order valence-electron chi connectivity index (χ1n) is 6.53. The van der Waals surface area contributed by atoms with E-state index in [0.717, 1.165) is 21.2 Å². The maximum Gasteiger partial charge on any atom is 0.305 e. The van der Waals surface area contributed by atoms with Gasteiger partial charge in [0.15, 0.2) is 0 Å². The van der Waals surface area contributed by atoms with Crippen LogP contribution in [0.25, 0.3) is 0 Å². The molecule has 0 saturated heterocycles. The lowest BCUT2D eigenvalue weighted by Crippen LogP contribution is -2.39. The second kappa shape index (κ2) is 4.83. The predicted octanol–water partition coefficient (Wildman–Crippen LogP) is 1.91. The van der Waals surface area contributed by atoms with Gasteiger partial charge in [-0.05, 0) is 6.07 Å². The third-order valence-corrected chi connectivity index (χ3v) is 6.18. The molecule has 3 atom stereocenters. The van der Waals surface area contributed by atoms with E-state index in [-0.39, 0.29) is 22.4 Å². The number of aliphatic hydroxyl groups is 1. The van der Waals surface area contributed by atoms with Crippen molar-refractivity contribution in [3.8, 4) is 5.75 Å². The summed E-state index contributed by atoms with van der Waals surface area (Å²) in [6.07, 6.45) is -0.989. The van der Waals surface area contributed by atoms with Gasteiger partial charge in [-0.15, -0.1) is 11.8 Å². The summed E-state index contributed by atoms with van der Waals surface area (Å²) >= 11 is 2.55. The van der Waals surface area contributed by atoms with E-state index in [1.807, 2.05) is 0 Å². The van der Waals surface area contributed by atoms with Gasteiger partial charge in [-0.3, -0.25) is 14.9 Å². The molecule has 1 aromatic carbocycles. The van der Waals surface area contributed by atoms with Crippen LogP contribution in [0.2, 0.25) is 0 Å². The number of ether oxygens (including phenoxy) is 1. The molecule has 2 aliphatic heterocycles. The summed E-state index contributed by atoms with van der Waals surface area (Å²) in [5.74, 6) is 0.503. The molecular formula is C13H10N2O5S2. The molecule has 0 amide bonds. The number of hydrogen-bond acceptors (Lipinski definition) is 7. The van der Waals surface area contributed by atoms with Gasteiger partial charge in [0.25, 0.3) is 5.69 Å². The van der Waals surface area contributed by atoms with Crippen LogP contribution in [-0.4, -0.2) is 27.1 Å². The largest absolute Gasteiger partial charge is 0.464 e. The lowest BCUT2D eigenvalue weighted by atomic mass is 9.82. The first-order chi connectivity index (χ1) is 10.5. The van der Waals surface area contributed by atoms with Gasteiger partial charge in [-0.2, -0.15) is 0 Å². The van der Waals surface area contributed by atoms with Crippen LogP contribution in [0.4, 0.5) is 5.69 Å². The number of aromatic nitrogens is 1. The van der Waals surface area contributed by atoms with Crippen LogP contribution >= 0.6 is 23.1 Å². The Kier molecular flexibility index (Phi) is 3.03. The number of thioether (sulfide) groups is 1. The molecule has 3 unspecified atom stereocenters. The fourth-order valence-corrected chi connectivity index (χ4v) is 5.39. The molecule has 2 aliphatic rings. The second-order valence-electron chi connectivity index (χ2n) is 5.15. The topological polar surface area (TPSA) is 105 Å². The molecule has 4 rings (SSSR count). The molecule has 9 heteroatoms. The standard InChI is InChI=1S/C13H10N2O5S2/c16-12-7-4-21-11-10(22-13(17)14-11)9(7)6-3-5(15(18)19)1-2-8(6)20-12/h1-3,7,9,12,16H,4H2,(H,14,17). The van der Waals surface area contributed by atoms with Gasteiger partial charge in [-0.25, -0.2) is 0 Å². The van der Waals surface area contributed by atoms with E-state index in [4.69, 9.17) is 4.74 Å². The monoisotopic (exact) mass is 338 g/mol. The molecular weight excluding hydrogens is 328 g/mol. The van der Waals surface area contributed by atoms with Crippen molar-refractivity contribution in [1.29, 1.82) is 0 Å². The molecule has 2 aromatic rings. The van der Waals surface area contributed by atoms with Crippen LogP contribution < -0.4 is 9.61 Å². The average Bonchev–Trinajstić information content (AvgIpc) is 2.86. The third-order valence-electron chi connectivity index (χ3n) is 3.93. The minimum absolute atomic E-state index is 0.0276. The molecule has 22 heavy (non-hydrogen) atoms. The average molecular weight is 338 g/mol. The predicted molar refractivity (Wildman–Crippen MR) is 80.7 cm³/mol. The lowest BCUT2D eigenvalue weighted by Gasteiger charge is -2.38. The summed E-state index contributed by atoms with van der Waals surface area (Å²) in [7, 11) is 0. The minimum atomic E-state index is -0.989. The molecule has 3 heterocycles. The van der Waals surface area contributed by atoms with Crippen molar-refractivity contribution in [1.82, 2.24) is 4.98 Å². The number of nitro benzene ring substituents is 1. The van der Waals surface area contributed by atoms with Crippen LogP contribution in [0.15, 0.2) is 28.0 Å². The smallest absolute Gasteiger partial charge is 0.305 e. The highest BCUT2D eigenvalue weighted by Crippen LogP contribution is 2.51. The number of thiazole rings is 1. The summed E-state index contributed by atoms with van der Waals surface area (Å²) in [5, 5.41) is 22.0. The van der Waals surface area contributed by atoms with Gasteiger partial charge in [0.1, 0.15) is 5.75 Å². The maximum absolute atomic E-state index is 11.6. The Morgan fingerprint density at radius 3 is 3.05 bits per heavy atom. The van der Waals surface area contributed by atoms with Gasteiger partial charge in [0.2, 0.25) is 6.29 Å². The first kappa shape index (κ1) is 13.8. The number of hydrogen-bond donors (Lipinski definition) is 2. The second-order valence-corrected chi connectivity index (χ2v) is 7.19. The van der Waals surface area contributed by atoms with Crippen LogP contribution in [0.5, 0.6) is 5.75 Å². The number of nitrogens with one attached hydrogen (secondary N) is 1. The van der Waals surface area contributed by atoms with Crippen molar-refractivity contribution in [2.24, 2.45) is 5.92 Å². The van der Waals surface area contributed by atoms with E-state index >= 15 is 0 Å². The zero-order valence-electron chi connectivity index (χ0n) is 11.0. The molecule has 114 valence electrons. The van der Waals surface area contributed by atoms with E-state index in [9.17, 15) is 20.0 Å². The number of nitro groups is 1. The number of aromatic amines is 1. The van der Waals surface area contributed by atoms with Crippen molar-refractivity contribution in [3.63, 3.8) is 0 Å². The summed E-state index contributed by atoms with van der Waals surface area (Å²) in [4.78, 5) is 25.6. The van der Waals surface area contributed by atoms with E-state index in [1.54, 1.807) is 0 Å². The molecule has 0 saturated carbocycles. The van der Waals surface area contributed by atoms with Gasteiger partial charge in [-0.1, -0.05) is 11.3 Å². The van der Waals surface area contributed by atoms with Crippen molar-refractivity contribution >= 4 is 28.8 Å². The lowest BCUT2D eigenvalue weighted by molar-refractivity contribution is -0.385. The number of non-ortho nitro benzene ring substituents is 1. The maximum atomic E-state index is 11.6. The summed E-state index contributed by atoms with van der Waals surface area (Å²) in [6.45, 7) is 0. The molecule has 0 fully saturated rings. The summed E-state index contributed by atoms with van der Waals surface area (Å²) < 4.78 is 5.49. The Hall–Kier alpha value is -1.84. The minimum Gasteiger partial charge on any atom is -0.464 e. The normalized spacial score (nSPS) is 25.6. The molecule has 1 aromatic heterocycles. The summed E-state index contributed by atoms with van der Waals surface area (Å²) in [6, 6.07) is 4.33. The number of fused-ring (bicyclic) bond motifs is 5. The SMILES string of the molecule is O=c1[nH]c2c(s1)C1c3cc([N+](=O)[O-])ccc3OC(O)C1CS2. The summed E-state index contributed by atoms with van der Waals surface area (Å²) in [5.41, 5.74) is 0.626. The Balaban J connectivity index is 1.93. The third kappa shape index (κ3) is 1.97. The van der Waals surface area contributed by atoms with E-state index in [0.29, 0.717) is 17.1 Å². The number of rotatable bonds is 1. The van der Waals surface area contributed by atoms with Gasteiger partial charge in [0, 0.05) is 40.2 Å². The molecule has 0 spiro atoms. The highest BCUT2D eigenvalue weighted by molar-refractivity contribution is 7.99. The van der Waals surface area contributed by atoms with E-state index in [1.165, 1.54) is 30.0 Å². The van der Waals surface area contributed by atoms with E-state index < -0.39 is 11.2 Å². The van der Waals surface area contributed by atoms with Crippen molar-refractivity contribution in [3.05, 3.63) is 48.4 Å². The number of H-pyrrole nitrogens is 1. The number of aliphatic hydroxyl groups excluding tert-OH is 1. The number of nitrogens with zero attached hydrogens (tertiary/aromatic N) is 1. The molecule has 0 aliphatic carbocycles. The van der Waals surface area contributed by atoms with Crippen LogP contribution in [0.1, 0.15) is 16.4 Å². The zero-order chi connectivity index (χ0) is 15.4. The molecule has 0 bridgehead atoms. The van der Waals surface area contributed by atoms with Crippen LogP contribution in [0.3, 0.4) is 0 Å². The van der Waals surface area contributed by atoms with E-state index in [2.05, 4.69) is 4.98 Å². The van der Waals surface area contributed by atoms with Crippen LogP contribution in [-0.2, 0) is 0 Å². The Morgan fingerprint density at radius 2 is 2.27 bits per heavy atom. The molecule has 2 N–H and O–H groups in total. The Bertz CT molecular complexity index is 830. The zero-order valence-corrected chi connectivity index (χ0v) is 12.6. The Labute approximate surface area is 132 Å². The Morgan fingerprint density at radius 1 is 1.45 bits per heavy atom. The van der Waals surface area contributed by atoms with Crippen molar-refractivity contribution in [2.75, 3.05) is 5.75 Å². The van der Waals surface area contributed by atoms with Gasteiger partial charge >= 0.3 is 4.87 Å². The van der Waals surface area contributed by atoms with Gasteiger partial charge in [0.05, 0.1) is 9.95 Å². The fraction of sp³-hybridized carbons (Fsp3) is 0.308. The molecule has 0 radical (unpaired) electrons. The van der Waals surface area contributed by atoms with Crippen LogP contribution in [0, 0.1) is 16.0 Å². The van der Waals surface area contributed by atoms with Gasteiger partial charge < -0.3 is 14.8 Å². The highest BCUT2D eigenvalue weighted by Gasteiger charge is 2.44. The van der Waals surface area contributed by atoms with Crippen molar-refractivity contribution in [2.45, 2.75) is 17.2 Å². The fourth-order valence-electron chi connectivity index (χ4n) is 2.94. The number of benzene rings is 1.